The van der Waals surface area contributed by atoms with E-state index in [0.29, 0.717) is 13.1 Å². The van der Waals surface area contributed by atoms with Crippen LogP contribution in [0.15, 0.2) is 48.7 Å². The minimum atomic E-state index is -0.437. The Kier molecular flexibility index (Phi) is 4.74. The summed E-state index contributed by atoms with van der Waals surface area (Å²) in [6.45, 7) is 5.08. The molecule has 0 spiro atoms. The summed E-state index contributed by atoms with van der Waals surface area (Å²) in [5, 5.41) is 18.7. The number of rotatable bonds is 6. The lowest BCUT2D eigenvalue weighted by Gasteiger charge is -2.08. The minimum absolute atomic E-state index is 0.0329. The molecule has 0 aliphatic rings. The Morgan fingerprint density at radius 1 is 1.16 bits per heavy atom. The van der Waals surface area contributed by atoms with Crippen LogP contribution in [0, 0.1) is 24.0 Å². The van der Waals surface area contributed by atoms with Crippen LogP contribution in [0.3, 0.4) is 0 Å². The summed E-state index contributed by atoms with van der Waals surface area (Å²) in [4.78, 5) is 14.7. The van der Waals surface area contributed by atoms with E-state index in [2.05, 4.69) is 27.5 Å². The highest BCUT2D eigenvalue weighted by Gasteiger charge is 2.16. The lowest BCUT2D eigenvalue weighted by molar-refractivity contribution is -0.384. The van der Waals surface area contributed by atoms with Crippen LogP contribution in [-0.2, 0) is 13.1 Å². The Labute approximate surface area is 145 Å². The van der Waals surface area contributed by atoms with Crippen LogP contribution in [0.25, 0.3) is 0 Å². The van der Waals surface area contributed by atoms with Gasteiger partial charge in [0, 0.05) is 30.1 Å². The third-order valence-electron chi connectivity index (χ3n) is 4.12. The van der Waals surface area contributed by atoms with E-state index >= 15 is 0 Å². The fourth-order valence-electron chi connectivity index (χ4n) is 2.75. The average Bonchev–Trinajstić information content (AvgIpc) is 2.87. The molecule has 0 fully saturated rings. The second kappa shape index (κ2) is 7.12. The minimum Gasteiger partial charge on any atom is -0.360 e. The smallest absolute Gasteiger partial charge is 0.311 e. The Bertz CT molecular complexity index is 890. The number of hydrogen-bond acceptors (Lipinski definition) is 5. The lowest BCUT2D eigenvalue weighted by atomic mass is 10.2. The molecule has 0 atom stereocenters. The van der Waals surface area contributed by atoms with Crippen molar-refractivity contribution < 1.29 is 4.92 Å². The summed E-state index contributed by atoms with van der Waals surface area (Å²) in [5.74, 6) is 0.266. The van der Waals surface area contributed by atoms with Crippen molar-refractivity contribution in [1.82, 2.24) is 14.8 Å². The van der Waals surface area contributed by atoms with Gasteiger partial charge in [0.15, 0.2) is 0 Å². The maximum absolute atomic E-state index is 11.1. The summed E-state index contributed by atoms with van der Waals surface area (Å²) in [5.41, 5.74) is 4.10. The molecule has 0 radical (unpaired) electrons. The Morgan fingerprint density at radius 2 is 1.92 bits per heavy atom. The molecule has 0 aliphatic heterocycles. The quantitative estimate of drug-likeness (QED) is 0.550. The molecule has 25 heavy (non-hydrogen) atoms. The van der Waals surface area contributed by atoms with Gasteiger partial charge in [-0.2, -0.15) is 5.10 Å². The second-order valence-electron chi connectivity index (χ2n) is 5.77. The number of benzene rings is 1. The zero-order valence-corrected chi connectivity index (χ0v) is 14.1. The van der Waals surface area contributed by atoms with Crippen molar-refractivity contribution in [3.8, 4) is 0 Å². The molecule has 0 saturated heterocycles. The van der Waals surface area contributed by atoms with Crippen molar-refractivity contribution in [2.24, 2.45) is 0 Å². The molecule has 0 amide bonds. The molecule has 0 unspecified atom stereocenters. The summed E-state index contributed by atoms with van der Waals surface area (Å²) in [6.07, 6.45) is 1.54. The molecule has 0 saturated carbocycles. The van der Waals surface area contributed by atoms with Crippen LogP contribution in [0.1, 0.15) is 22.5 Å². The van der Waals surface area contributed by atoms with Gasteiger partial charge in [-0.05, 0) is 25.5 Å². The first-order chi connectivity index (χ1) is 12.1. The molecular formula is C18H19N5O2. The number of nitrogens with zero attached hydrogens (tertiary/aromatic N) is 4. The molecule has 3 aromatic rings. The Balaban J connectivity index is 1.79. The van der Waals surface area contributed by atoms with E-state index in [0.717, 1.165) is 17.0 Å². The highest BCUT2D eigenvalue weighted by molar-refractivity contribution is 5.55. The summed E-state index contributed by atoms with van der Waals surface area (Å²) >= 11 is 0. The zero-order chi connectivity index (χ0) is 17.8. The average molecular weight is 337 g/mol. The number of anilines is 1. The number of aromatic nitrogens is 3. The molecule has 2 aromatic heterocycles. The SMILES string of the molecule is Cc1nn(Cc2ccccc2)c(C)c1CNc1ncccc1[N+](=O)[O-]. The van der Waals surface area contributed by atoms with Crippen LogP contribution in [0.4, 0.5) is 11.5 Å². The molecule has 1 aromatic carbocycles. The first-order valence-corrected chi connectivity index (χ1v) is 7.96. The van der Waals surface area contributed by atoms with Gasteiger partial charge in [0.2, 0.25) is 5.82 Å². The molecule has 0 aliphatic carbocycles. The van der Waals surface area contributed by atoms with E-state index in [1.54, 1.807) is 6.07 Å². The first kappa shape index (κ1) is 16.6. The van der Waals surface area contributed by atoms with E-state index in [-0.39, 0.29) is 11.5 Å². The molecular weight excluding hydrogens is 318 g/mol. The van der Waals surface area contributed by atoms with Crippen molar-refractivity contribution in [2.75, 3.05) is 5.32 Å². The Morgan fingerprint density at radius 3 is 2.64 bits per heavy atom. The largest absolute Gasteiger partial charge is 0.360 e. The van der Waals surface area contributed by atoms with Gasteiger partial charge in [0.25, 0.3) is 0 Å². The zero-order valence-electron chi connectivity index (χ0n) is 14.1. The predicted molar refractivity (Wildman–Crippen MR) is 95.5 cm³/mol. The van der Waals surface area contributed by atoms with Crippen molar-refractivity contribution in [3.63, 3.8) is 0 Å². The van der Waals surface area contributed by atoms with Crippen molar-refractivity contribution >= 4 is 11.5 Å². The molecule has 3 rings (SSSR count). The number of hydrogen-bond donors (Lipinski definition) is 1. The van der Waals surface area contributed by atoms with E-state index in [4.69, 9.17) is 0 Å². The number of nitrogens with one attached hydrogen (secondary N) is 1. The summed E-state index contributed by atoms with van der Waals surface area (Å²) in [6, 6.07) is 13.1. The van der Waals surface area contributed by atoms with Gasteiger partial charge in [-0.15, -0.1) is 0 Å². The molecule has 2 heterocycles. The van der Waals surface area contributed by atoms with Crippen LogP contribution in [0.5, 0.6) is 0 Å². The van der Waals surface area contributed by atoms with Crippen molar-refractivity contribution in [1.29, 1.82) is 0 Å². The molecule has 7 nitrogen and oxygen atoms in total. The van der Waals surface area contributed by atoms with E-state index < -0.39 is 4.92 Å². The van der Waals surface area contributed by atoms with Crippen LogP contribution in [0.2, 0.25) is 0 Å². The van der Waals surface area contributed by atoms with Gasteiger partial charge in [-0.3, -0.25) is 14.8 Å². The highest BCUT2D eigenvalue weighted by atomic mass is 16.6. The number of nitro groups is 1. The normalized spacial score (nSPS) is 10.6. The maximum Gasteiger partial charge on any atom is 0.311 e. The standard InChI is InChI=1S/C18H19N5O2/c1-13-16(11-20-18-17(23(24)25)9-6-10-19-18)14(2)22(21-13)12-15-7-4-3-5-8-15/h3-10H,11-12H2,1-2H3,(H,19,20). The van der Waals surface area contributed by atoms with Crippen molar-refractivity contribution in [3.05, 3.63) is 81.3 Å². The van der Waals surface area contributed by atoms with Gasteiger partial charge >= 0.3 is 5.69 Å². The van der Waals surface area contributed by atoms with Crippen LogP contribution < -0.4 is 5.32 Å². The lowest BCUT2D eigenvalue weighted by Crippen LogP contribution is -2.07. The third kappa shape index (κ3) is 3.65. The highest BCUT2D eigenvalue weighted by Crippen LogP contribution is 2.22. The second-order valence-corrected chi connectivity index (χ2v) is 5.77. The molecule has 1 N–H and O–H groups in total. The molecule has 7 heteroatoms. The van der Waals surface area contributed by atoms with Gasteiger partial charge in [-0.25, -0.2) is 4.98 Å². The summed E-state index contributed by atoms with van der Waals surface area (Å²) < 4.78 is 1.95. The van der Waals surface area contributed by atoms with E-state index in [9.17, 15) is 10.1 Å². The molecule has 0 bridgehead atoms. The third-order valence-corrected chi connectivity index (χ3v) is 4.12. The first-order valence-electron chi connectivity index (χ1n) is 7.96. The van der Waals surface area contributed by atoms with Crippen LogP contribution in [-0.4, -0.2) is 19.7 Å². The van der Waals surface area contributed by atoms with E-state index in [1.807, 2.05) is 36.7 Å². The maximum atomic E-state index is 11.1. The van der Waals surface area contributed by atoms with Crippen LogP contribution >= 0.6 is 0 Å². The number of aryl methyl sites for hydroxylation is 1. The topological polar surface area (TPSA) is 85.9 Å². The summed E-state index contributed by atoms with van der Waals surface area (Å²) in [7, 11) is 0. The number of pyridine rings is 1. The van der Waals surface area contributed by atoms with Gasteiger partial charge in [0.1, 0.15) is 0 Å². The van der Waals surface area contributed by atoms with Gasteiger partial charge < -0.3 is 5.32 Å². The van der Waals surface area contributed by atoms with Crippen molar-refractivity contribution in [2.45, 2.75) is 26.9 Å². The fraction of sp³-hybridized carbons (Fsp3) is 0.222. The van der Waals surface area contributed by atoms with E-state index in [1.165, 1.54) is 17.8 Å². The molecule has 128 valence electrons. The van der Waals surface area contributed by atoms with Gasteiger partial charge in [-0.1, -0.05) is 30.3 Å². The predicted octanol–water partition coefficient (Wildman–Crippen LogP) is 3.46. The fourth-order valence-corrected chi connectivity index (χ4v) is 2.75. The van der Waals surface area contributed by atoms with Gasteiger partial charge in [0.05, 0.1) is 17.2 Å². The monoisotopic (exact) mass is 337 g/mol. The Hall–Kier alpha value is -3.22.